The van der Waals surface area contributed by atoms with E-state index in [0.29, 0.717) is 11.2 Å². The minimum Gasteiger partial charge on any atom is -0.468 e. The van der Waals surface area contributed by atoms with Crippen LogP contribution in [0.25, 0.3) is 0 Å². The van der Waals surface area contributed by atoms with Gasteiger partial charge in [0.05, 0.1) is 12.8 Å². The summed E-state index contributed by atoms with van der Waals surface area (Å²) in [5.41, 5.74) is -0.188. The van der Waals surface area contributed by atoms with Crippen LogP contribution in [0, 0.1) is 0 Å². The Balaban J connectivity index is 3.13. The number of pyridine rings is 1. The maximum absolute atomic E-state index is 11.5. The van der Waals surface area contributed by atoms with Gasteiger partial charge in [0.2, 0.25) is 0 Å². The summed E-state index contributed by atoms with van der Waals surface area (Å²) < 4.78 is 4.67. The second-order valence-corrected chi connectivity index (χ2v) is 3.96. The molecule has 1 aromatic heterocycles. The molecule has 86 valence electrons. The Morgan fingerprint density at radius 1 is 1.50 bits per heavy atom. The predicted octanol–water partition coefficient (Wildman–Crippen LogP) is -0.788. The zero-order valence-corrected chi connectivity index (χ0v) is 9.47. The van der Waals surface area contributed by atoms with Crippen molar-refractivity contribution in [3.63, 3.8) is 0 Å². The summed E-state index contributed by atoms with van der Waals surface area (Å²) in [6, 6.07) is 2.95. The van der Waals surface area contributed by atoms with Gasteiger partial charge in [-0.15, -0.1) is 0 Å². The van der Waals surface area contributed by atoms with E-state index in [-0.39, 0.29) is 0 Å². The van der Waals surface area contributed by atoms with Gasteiger partial charge in [0, 0.05) is 6.20 Å². The third-order valence-corrected chi connectivity index (χ3v) is 2.42. The van der Waals surface area contributed by atoms with Crippen LogP contribution in [0.15, 0.2) is 18.3 Å². The molecule has 0 aromatic carbocycles. The average Bonchev–Trinajstić information content (AvgIpc) is 2.28. The average molecular weight is 223 g/mol. The first-order valence-electron chi connectivity index (χ1n) is 4.80. The van der Waals surface area contributed by atoms with Crippen LogP contribution in [-0.2, 0) is 14.9 Å². The molecule has 0 fully saturated rings. The van der Waals surface area contributed by atoms with Gasteiger partial charge < -0.3 is 14.8 Å². The molecule has 1 heterocycles. The Bertz CT molecular complexity index is 392. The van der Waals surface area contributed by atoms with Crippen molar-refractivity contribution in [2.24, 2.45) is 0 Å². The fourth-order valence-corrected chi connectivity index (χ4v) is 1.31. The van der Waals surface area contributed by atoms with E-state index in [1.807, 2.05) is 0 Å². The molecule has 1 aromatic rings. The molecule has 0 radical (unpaired) electrons. The SMILES string of the molecule is COC(=O)C(C)(C)c1cc(B(O)O)ccn1. The van der Waals surface area contributed by atoms with E-state index in [0.717, 1.165) is 0 Å². The van der Waals surface area contributed by atoms with Crippen molar-refractivity contribution >= 4 is 18.6 Å². The molecule has 0 saturated heterocycles. The number of nitrogens with zero attached hydrogens (tertiary/aromatic N) is 1. The second-order valence-electron chi connectivity index (χ2n) is 3.96. The summed E-state index contributed by atoms with van der Waals surface area (Å²) >= 11 is 0. The predicted molar refractivity (Wildman–Crippen MR) is 59.1 cm³/mol. The van der Waals surface area contributed by atoms with E-state index in [9.17, 15) is 4.79 Å². The van der Waals surface area contributed by atoms with E-state index >= 15 is 0 Å². The molecule has 0 atom stereocenters. The highest BCUT2D eigenvalue weighted by atomic mass is 16.5. The topological polar surface area (TPSA) is 79.7 Å². The Kier molecular flexibility index (Phi) is 3.67. The van der Waals surface area contributed by atoms with Gasteiger partial charge in [0.15, 0.2) is 0 Å². The molecule has 0 unspecified atom stereocenters. The highest BCUT2D eigenvalue weighted by Gasteiger charge is 2.33. The first kappa shape index (κ1) is 12.7. The molecule has 0 bridgehead atoms. The Morgan fingerprint density at radius 2 is 2.12 bits per heavy atom. The lowest BCUT2D eigenvalue weighted by atomic mass is 9.78. The number of carbonyl (C=O) groups excluding carboxylic acids is 1. The third-order valence-electron chi connectivity index (χ3n) is 2.42. The van der Waals surface area contributed by atoms with Crippen LogP contribution in [0.2, 0.25) is 0 Å². The number of hydrogen-bond acceptors (Lipinski definition) is 5. The van der Waals surface area contributed by atoms with Crippen molar-refractivity contribution in [3.05, 3.63) is 24.0 Å². The Labute approximate surface area is 94.2 Å². The number of rotatable bonds is 3. The van der Waals surface area contributed by atoms with E-state index < -0.39 is 18.5 Å². The van der Waals surface area contributed by atoms with Crippen LogP contribution in [0.3, 0.4) is 0 Å². The number of aromatic nitrogens is 1. The first-order valence-corrected chi connectivity index (χ1v) is 4.80. The van der Waals surface area contributed by atoms with Crippen molar-refractivity contribution in [2.45, 2.75) is 19.3 Å². The lowest BCUT2D eigenvalue weighted by Crippen LogP contribution is -2.35. The zero-order chi connectivity index (χ0) is 12.3. The lowest BCUT2D eigenvalue weighted by molar-refractivity contribution is -0.146. The minimum absolute atomic E-state index is 0.293. The quantitative estimate of drug-likeness (QED) is 0.518. The van der Waals surface area contributed by atoms with Gasteiger partial charge in [-0.1, -0.05) is 0 Å². The van der Waals surface area contributed by atoms with Crippen molar-refractivity contribution in [1.82, 2.24) is 4.98 Å². The number of esters is 1. The maximum Gasteiger partial charge on any atom is 0.488 e. The minimum atomic E-state index is -1.57. The van der Waals surface area contributed by atoms with Gasteiger partial charge in [-0.05, 0) is 31.4 Å². The summed E-state index contributed by atoms with van der Waals surface area (Å²) in [5.74, 6) is -0.426. The van der Waals surface area contributed by atoms with Gasteiger partial charge in [0.25, 0.3) is 0 Å². The van der Waals surface area contributed by atoms with E-state index in [1.54, 1.807) is 13.8 Å². The Hall–Kier alpha value is -1.40. The van der Waals surface area contributed by atoms with E-state index in [1.165, 1.54) is 25.4 Å². The van der Waals surface area contributed by atoms with Gasteiger partial charge in [-0.2, -0.15) is 0 Å². The highest BCUT2D eigenvalue weighted by Crippen LogP contribution is 2.21. The molecule has 0 amide bonds. The molecule has 0 aliphatic heterocycles. The van der Waals surface area contributed by atoms with Crippen LogP contribution in [0.4, 0.5) is 0 Å². The molecule has 1 rings (SSSR count). The van der Waals surface area contributed by atoms with Crippen LogP contribution in [-0.4, -0.2) is 35.2 Å². The van der Waals surface area contributed by atoms with Crippen LogP contribution < -0.4 is 5.46 Å². The molecular formula is C10H14BNO4. The molecule has 2 N–H and O–H groups in total. The number of carbonyl (C=O) groups is 1. The number of methoxy groups -OCH3 is 1. The molecule has 0 spiro atoms. The van der Waals surface area contributed by atoms with Gasteiger partial charge in [0.1, 0.15) is 5.41 Å². The summed E-state index contributed by atoms with van der Waals surface area (Å²) in [7, 11) is -0.273. The van der Waals surface area contributed by atoms with Crippen molar-refractivity contribution in [1.29, 1.82) is 0 Å². The fourth-order valence-electron chi connectivity index (χ4n) is 1.31. The molecule has 6 heteroatoms. The fraction of sp³-hybridized carbons (Fsp3) is 0.400. The number of ether oxygens (including phenoxy) is 1. The van der Waals surface area contributed by atoms with Gasteiger partial charge in [-0.3, -0.25) is 9.78 Å². The van der Waals surface area contributed by atoms with E-state index in [2.05, 4.69) is 9.72 Å². The van der Waals surface area contributed by atoms with Gasteiger partial charge in [-0.25, -0.2) is 0 Å². The summed E-state index contributed by atoms with van der Waals surface area (Å²) in [4.78, 5) is 15.6. The monoisotopic (exact) mass is 223 g/mol. The van der Waals surface area contributed by atoms with Crippen LogP contribution in [0.5, 0.6) is 0 Å². The van der Waals surface area contributed by atoms with Crippen molar-refractivity contribution < 1.29 is 19.6 Å². The smallest absolute Gasteiger partial charge is 0.468 e. The summed E-state index contributed by atoms with van der Waals surface area (Å²) in [6.45, 7) is 3.32. The zero-order valence-electron chi connectivity index (χ0n) is 9.47. The Morgan fingerprint density at radius 3 is 2.62 bits per heavy atom. The van der Waals surface area contributed by atoms with Crippen molar-refractivity contribution in [3.8, 4) is 0 Å². The molecule has 5 nitrogen and oxygen atoms in total. The molecular weight excluding hydrogens is 209 g/mol. The third kappa shape index (κ3) is 2.40. The number of hydrogen-bond donors (Lipinski definition) is 2. The second kappa shape index (κ2) is 4.63. The summed E-state index contributed by atoms with van der Waals surface area (Å²) in [6.07, 6.45) is 1.43. The molecule has 0 aliphatic carbocycles. The molecule has 0 saturated carbocycles. The molecule has 16 heavy (non-hydrogen) atoms. The first-order chi connectivity index (χ1) is 7.39. The molecule has 0 aliphatic rings. The lowest BCUT2D eigenvalue weighted by Gasteiger charge is -2.21. The largest absolute Gasteiger partial charge is 0.488 e. The maximum atomic E-state index is 11.5. The van der Waals surface area contributed by atoms with Gasteiger partial charge >= 0.3 is 13.1 Å². The highest BCUT2D eigenvalue weighted by molar-refractivity contribution is 6.58. The van der Waals surface area contributed by atoms with Crippen LogP contribution >= 0.6 is 0 Å². The van der Waals surface area contributed by atoms with Crippen molar-refractivity contribution in [2.75, 3.05) is 7.11 Å². The summed E-state index contributed by atoms with van der Waals surface area (Å²) in [5, 5.41) is 18.0. The standard InChI is InChI=1S/C10H14BNO4/c1-10(2,9(13)16-3)8-6-7(11(14)15)4-5-12-8/h4-6,14-15H,1-3H3. The van der Waals surface area contributed by atoms with E-state index in [4.69, 9.17) is 10.0 Å². The van der Waals surface area contributed by atoms with Crippen LogP contribution in [0.1, 0.15) is 19.5 Å². The normalized spacial score (nSPS) is 11.1.